The van der Waals surface area contributed by atoms with Crippen molar-refractivity contribution in [1.29, 1.82) is 0 Å². The lowest BCUT2D eigenvalue weighted by Gasteiger charge is -2.07. The van der Waals surface area contributed by atoms with Gasteiger partial charge in [0.1, 0.15) is 0 Å². The van der Waals surface area contributed by atoms with E-state index in [-0.39, 0.29) is 0 Å². The molecule has 0 rings (SSSR count). The van der Waals surface area contributed by atoms with E-state index >= 15 is 0 Å². The first kappa shape index (κ1) is 10.8. The number of carbonyl (C=O) groups excluding carboxylic acids is 1. The maximum atomic E-state index is 10.8. The lowest BCUT2D eigenvalue weighted by molar-refractivity contribution is -0.153. The highest BCUT2D eigenvalue weighted by atomic mass is 32.2. The topological polar surface area (TPSA) is 46.5 Å². The molecular weight excluding hydrogens is 164 g/mol. The summed E-state index contributed by atoms with van der Waals surface area (Å²) in [5.41, 5.74) is 0. The fourth-order valence-electron chi connectivity index (χ4n) is 0.586. The molecule has 0 aliphatic heterocycles. The molecule has 1 N–H and O–H groups in total. The van der Waals surface area contributed by atoms with E-state index in [2.05, 4.69) is 4.74 Å². The van der Waals surface area contributed by atoms with Crippen LogP contribution < -0.4 is 0 Å². The van der Waals surface area contributed by atoms with Gasteiger partial charge >= 0.3 is 5.97 Å². The molecule has 0 heterocycles. The highest BCUT2D eigenvalue weighted by Gasteiger charge is 2.14. The smallest absolute Gasteiger partial charge is 0.334 e. The first-order valence-electron chi connectivity index (χ1n) is 3.56. The van der Waals surface area contributed by atoms with Gasteiger partial charge in [-0.1, -0.05) is 0 Å². The molecule has 0 spiro atoms. The Kier molecular flexibility index (Phi) is 6.36. The van der Waals surface area contributed by atoms with Crippen molar-refractivity contribution in [2.24, 2.45) is 0 Å². The van der Waals surface area contributed by atoms with Crippen LogP contribution in [0.3, 0.4) is 0 Å². The molecule has 4 heteroatoms. The molecule has 0 fully saturated rings. The highest BCUT2D eigenvalue weighted by Crippen LogP contribution is 2.01. The van der Waals surface area contributed by atoms with Gasteiger partial charge in [0.2, 0.25) is 0 Å². The Balaban J connectivity index is 3.46. The first-order chi connectivity index (χ1) is 5.22. The van der Waals surface area contributed by atoms with Gasteiger partial charge in [0, 0.05) is 0 Å². The van der Waals surface area contributed by atoms with Crippen molar-refractivity contribution < 1.29 is 14.6 Å². The van der Waals surface area contributed by atoms with E-state index < -0.39 is 12.1 Å². The van der Waals surface area contributed by atoms with Crippen LogP contribution in [0.2, 0.25) is 0 Å². The van der Waals surface area contributed by atoms with Crippen molar-refractivity contribution in [2.75, 3.05) is 18.6 Å². The van der Waals surface area contributed by atoms with Crippen LogP contribution in [0.25, 0.3) is 0 Å². The second-order valence-corrected chi connectivity index (χ2v) is 3.03. The van der Waals surface area contributed by atoms with E-state index in [1.165, 1.54) is 0 Å². The second kappa shape index (κ2) is 6.49. The minimum absolute atomic E-state index is 0.329. The third-order valence-electron chi connectivity index (χ3n) is 1.15. The molecule has 0 radical (unpaired) electrons. The zero-order chi connectivity index (χ0) is 8.69. The summed E-state index contributed by atoms with van der Waals surface area (Å²) in [5.74, 6) is 0.265. The van der Waals surface area contributed by atoms with E-state index in [1.54, 1.807) is 18.7 Å². The quantitative estimate of drug-likeness (QED) is 0.628. The predicted molar refractivity (Wildman–Crippen MR) is 45.6 cm³/mol. The standard InChI is InChI=1S/C7H14O3S/c1-3-10-7(9)6(8)4-5-11-2/h6,8H,3-5H2,1-2H3/t6-/m1/s1. The number of rotatable bonds is 5. The molecule has 0 aromatic carbocycles. The maximum Gasteiger partial charge on any atom is 0.334 e. The molecule has 0 aliphatic carbocycles. The van der Waals surface area contributed by atoms with Gasteiger partial charge in [-0.15, -0.1) is 0 Å². The van der Waals surface area contributed by atoms with Gasteiger partial charge in [-0.2, -0.15) is 11.8 Å². The summed E-state index contributed by atoms with van der Waals surface area (Å²) in [7, 11) is 0. The van der Waals surface area contributed by atoms with E-state index in [9.17, 15) is 4.79 Å². The normalized spacial score (nSPS) is 12.6. The molecule has 0 unspecified atom stereocenters. The summed E-state index contributed by atoms with van der Waals surface area (Å²) >= 11 is 1.60. The Labute approximate surface area is 71.1 Å². The largest absolute Gasteiger partial charge is 0.464 e. The zero-order valence-corrected chi connectivity index (χ0v) is 7.69. The number of carbonyl (C=O) groups is 1. The Morgan fingerprint density at radius 3 is 2.82 bits per heavy atom. The number of aliphatic hydroxyl groups excluding tert-OH is 1. The van der Waals surface area contributed by atoms with Crippen molar-refractivity contribution in [3.05, 3.63) is 0 Å². The molecule has 0 aromatic heterocycles. The van der Waals surface area contributed by atoms with E-state index in [0.29, 0.717) is 13.0 Å². The van der Waals surface area contributed by atoms with Crippen LogP contribution >= 0.6 is 11.8 Å². The molecule has 0 bridgehead atoms. The van der Waals surface area contributed by atoms with Gasteiger partial charge in [-0.25, -0.2) is 4.79 Å². The van der Waals surface area contributed by atoms with Crippen molar-refractivity contribution in [1.82, 2.24) is 0 Å². The Hall–Kier alpha value is -0.220. The molecule has 0 aliphatic rings. The van der Waals surface area contributed by atoms with Crippen LogP contribution in [-0.4, -0.2) is 35.8 Å². The lowest BCUT2D eigenvalue weighted by atomic mass is 10.3. The van der Waals surface area contributed by atoms with E-state index in [1.807, 2.05) is 6.26 Å². The van der Waals surface area contributed by atoms with Crippen LogP contribution in [0.4, 0.5) is 0 Å². The van der Waals surface area contributed by atoms with Gasteiger partial charge in [0.05, 0.1) is 6.61 Å². The number of aliphatic hydroxyl groups is 1. The Bertz CT molecular complexity index is 116. The van der Waals surface area contributed by atoms with Crippen LogP contribution in [0, 0.1) is 0 Å². The third-order valence-corrected chi connectivity index (χ3v) is 1.80. The van der Waals surface area contributed by atoms with Crippen molar-refractivity contribution >= 4 is 17.7 Å². The number of thioether (sulfide) groups is 1. The summed E-state index contributed by atoms with van der Waals surface area (Å²) in [6.07, 6.45) is 1.46. The summed E-state index contributed by atoms with van der Waals surface area (Å²) in [5, 5.41) is 9.09. The number of hydrogen-bond donors (Lipinski definition) is 1. The molecule has 0 saturated carbocycles. The van der Waals surface area contributed by atoms with Crippen molar-refractivity contribution in [2.45, 2.75) is 19.4 Å². The van der Waals surface area contributed by atoms with Gasteiger partial charge in [-0.05, 0) is 25.4 Å². The molecular formula is C7H14O3S. The number of hydrogen-bond acceptors (Lipinski definition) is 4. The molecule has 66 valence electrons. The minimum atomic E-state index is -0.942. The average Bonchev–Trinajstić information content (AvgIpc) is 2.00. The average molecular weight is 178 g/mol. The van der Waals surface area contributed by atoms with E-state index in [4.69, 9.17) is 5.11 Å². The maximum absolute atomic E-state index is 10.8. The van der Waals surface area contributed by atoms with Gasteiger partial charge in [-0.3, -0.25) is 0 Å². The van der Waals surface area contributed by atoms with Crippen molar-refractivity contribution in [3.8, 4) is 0 Å². The third kappa shape index (κ3) is 5.09. The molecule has 3 nitrogen and oxygen atoms in total. The summed E-state index contributed by atoms with van der Waals surface area (Å²) < 4.78 is 4.60. The number of ether oxygens (including phenoxy) is 1. The van der Waals surface area contributed by atoms with E-state index in [0.717, 1.165) is 5.75 Å². The second-order valence-electron chi connectivity index (χ2n) is 2.05. The SMILES string of the molecule is CCOC(=O)[C@H](O)CCSC. The molecule has 1 atom stereocenters. The predicted octanol–water partition coefficient (Wildman–Crippen LogP) is 0.663. The van der Waals surface area contributed by atoms with Gasteiger partial charge in [0.25, 0.3) is 0 Å². The zero-order valence-electron chi connectivity index (χ0n) is 6.87. The highest BCUT2D eigenvalue weighted by molar-refractivity contribution is 7.98. The molecule has 0 amide bonds. The Morgan fingerprint density at radius 1 is 1.73 bits per heavy atom. The lowest BCUT2D eigenvalue weighted by Crippen LogP contribution is -2.23. The van der Waals surface area contributed by atoms with Crippen LogP contribution in [-0.2, 0) is 9.53 Å². The molecule has 0 saturated heterocycles. The Morgan fingerprint density at radius 2 is 2.36 bits per heavy atom. The van der Waals surface area contributed by atoms with Crippen LogP contribution in [0.5, 0.6) is 0 Å². The summed E-state index contributed by atoms with van der Waals surface area (Å²) in [4.78, 5) is 10.8. The van der Waals surface area contributed by atoms with Crippen LogP contribution in [0.15, 0.2) is 0 Å². The molecule has 11 heavy (non-hydrogen) atoms. The van der Waals surface area contributed by atoms with Crippen LogP contribution in [0.1, 0.15) is 13.3 Å². The monoisotopic (exact) mass is 178 g/mol. The fraction of sp³-hybridized carbons (Fsp3) is 0.857. The summed E-state index contributed by atoms with van der Waals surface area (Å²) in [6.45, 7) is 2.05. The van der Waals surface area contributed by atoms with Gasteiger partial charge in [0.15, 0.2) is 6.10 Å². The van der Waals surface area contributed by atoms with Crippen molar-refractivity contribution in [3.63, 3.8) is 0 Å². The van der Waals surface area contributed by atoms with Gasteiger partial charge < -0.3 is 9.84 Å². The minimum Gasteiger partial charge on any atom is -0.464 e. The summed E-state index contributed by atoms with van der Waals surface area (Å²) in [6, 6.07) is 0. The number of esters is 1. The molecule has 0 aromatic rings. The first-order valence-corrected chi connectivity index (χ1v) is 4.95. The fourth-order valence-corrected chi connectivity index (χ4v) is 1.04.